The number of anilines is 1. The SMILES string of the molecule is O=C(CSc1ccccc1)Nc1cccc(C2SCCCS2)c1. The average Bonchev–Trinajstić information content (AvgIpc) is 2.62. The third-order valence-corrected chi connectivity index (χ3v) is 7.41. The molecule has 2 aromatic carbocycles. The molecule has 0 atom stereocenters. The van der Waals surface area contributed by atoms with E-state index in [1.165, 1.54) is 23.5 Å². The predicted molar refractivity (Wildman–Crippen MR) is 105 cm³/mol. The van der Waals surface area contributed by atoms with E-state index in [0.29, 0.717) is 10.3 Å². The lowest BCUT2D eigenvalue weighted by atomic mass is 10.2. The van der Waals surface area contributed by atoms with E-state index < -0.39 is 0 Å². The largest absolute Gasteiger partial charge is 0.325 e. The molecular formula is C18H19NOS3. The Bertz CT molecular complexity index is 642. The van der Waals surface area contributed by atoms with E-state index in [1.54, 1.807) is 11.8 Å². The Hall–Kier alpha value is -1.04. The first-order chi connectivity index (χ1) is 11.3. The van der Waals surface area contributed by atoms with Crippen LogP contribution in [0.2, 0.25) is 0 Å². The minimum absolute atomic E-state index is 0.0416. The van der Waals surface area contributed by atoms with Gasteiger partial charge < -0.3 is 5.32 Å². The Balaban J connectivity index is 1.55. The van der Waals surface area contributed by atoms with Gasteiger partial charge in [-0.2, -0.15) is 0 Å². The molecule has 1 N–H and O–H groups in total. The molecule has 3 rings (SSSR count). The van der Waals surface area contributed by atoms with E-state index in [0.717, 1.165) is 10.6 Å². The Morgan fingerprint density at radius 3 is 2.65 bits per heavy atom. The van der Waals surface area contributed by atoms with Crippen molar-refractivity contribution < 1.29 is 4.79 Å². The van der Waals surface area contributed by atoms with E-state index in [4.69, 9.17) is 0 Å². The highest BCUT2D eigenvalue weighted by molar-refractivity contribution is 8.16. The van der Waals surface area contributed by atoms with Crippen molar-refractivity contribution in [2.75, 3.05) is 22.6 Å². The molecule has 0 aliphatic carbocycles. The Labute approximate surface area is 150 Å². The lowest BCUT2D eigenvalue weighted by molar-refractivity contribution is -0.113. The summed E-state index contributed by atoms with van der Waals surface area (Å²) in [7, 11) is 0. The lowest BCUT2D eigenvalue weighted by Crippen LogP contribution is -2.14. The van der Waals surface area contributed by atoms with Crippen LogP contribution >= 0.6 is 35.3 Å². The molecule has 1 aliphatic rings. The molecule has 5 heteroatoms. The van der Waals surface area contributed by atoms with Crippen LogP contribution in [0.15, 0.2) is 59.5 Å². The Morgan fingerprint density at radius 1 is 1.09 bits per heavy atom. The fourth-order valence-corrected chi connectivity index (χ4v) is 5.90. The fourth-order valence-electron chi connectivity index (χ4n) is 2.31. The van der Waals surface area contributed by atoms with Gasteiger partial charge >= 0.3 is 0 Å². The maximum absolute atomic E-state index is 12.1. The summed E-state index contributed by atoms with van der Waals surface area (Å²) in [5.41, 5.74) is 2.20. The summed E-state index contributed by atoms with van der Waals surface area (Å²) in [6.07, 6.45) is 1.29. The molecule has 0 spiro atoms. The summed E-state index contributed by atoms with van der Waals surface area (Å²) in [6.45, 7) is 0. The van der Waals surface area contributed by atoms with Gasteiger partial charge in [-0.1, -0.05) is 30.3 Å². The van der Waals surface area contributed by atoms with E-state index >= 15 is 0 Å². The van der Waals surface area contributed by atoms with Crippen molar-refractivity contribution in [1.82, 2.24) is 0 Å². The van der Waals surface area contributed by atoms with Crippen LogP contribution in [0.25, 0.3) is 0 Å². The Morgan fingerprint density at radius 2 is 1.87 bits per heavy atom. The highest BCUT2D eigenvalue weighted by Crippen LogP contribution is 2.44. The standard InChI is InChI=1S/C18H19NOS3/c20-17(13-23-16-8-2-1-3-9-16)19-15-7-4-6-14(12-15)18-21-10-5-11-22-18/h1-4,6-9,12,18H,5,10-11,13H2,(H,19,20). The monoisotopic (exact) mass is 361 g/mol. The molecule has 1 saturated heterocycles. The minimum Gasteiger partial charge on any atom is -0.325 e. The number of nitrogens with one attached hydrogen (secondary N) is 1. The number of rotatable bonds is 5. The van der Waals surface area contributed by atoms with Gasteiger partial charge in [0.25, 0.3) is 0 Å². The molecule has 0 unspecified atom stereocenters. The number of benzene rings is 2. The van der Waals surface area contributed by atoms with Crippen LogP contribution < -0.4 is 5.32 Å². The van der Waals surface area contributed by atoms with Gasteiger partial charge in [-0.05, 0) is 47.8 Å². The summed E-state index contributed by atoms with van der Waals surface area (Å²) in [4.78, 5) is 13.2. The second-order valence-electron chi connectivity index (χ2n) is 5.20. The van der Waals surface area contributed by atoms with Crippen LogP contribution in [0.3, 0.4) is 0 Å². The zero-order valence-electron chi connectivity index (χ0n) is 12.7. The lowest BCUT2D eigenvalue weighted by Gasteiger charge is -2.21. The van der Waals surface area contributed by atoms with Crippen LogP contribution in [-0.4, -0.2) is 23.2 Å². The minimum atomic E-state index is 0.0416. The molecule has 0 radical (unpaired) electrons. The first-order valence-electron chi connectivity index (χ1n) is 7.62. The van der Waals surface area contributed by atoms with Crippen LogP contribution in [0.5, 0.6) is 0 Å². The summed E-state index contributed by atoms with van der Waals surface area (Å²) < 4.78 is 0.499. The molecule has 1 aliphatic heterocycles. The van der Waals surface area contributed by atoms with Gasteiger partial charge in [-0.15, -0.1) is 35.3 Å². The van der Waals surface area contributed by atoms with Crippen molar-refractivity contribution >= 4 is 46.9 Å². The van der Waals surface area contributed by atoms with Crippen LogP contribution in [0.1, 0.15) is 16.6 Å². The third kappa shape index (κ3) is 5.23. The number of thioether (sulfide) groups is 3. The van der Waals surface area contributed by atoms with Gasteiger partial charge in [-0.25, -0.2) is 0 Å². The number of amides is 1. The maximum Gasteiger partial charge on any atom is 0.234 e. The van der Waals surface area contributed by atoms with Crippen LogP contribution in [0, 0.1) is 0 Å². The molecule has 0 saturated carbocycles. The third-order valence-electron chi connectivity index (χ3n) is 3.38. The van der Waals surface area contributed by atoms with Crippen molar-refractivity contribution in [3.8, 4) is 0 Å². The van der Waals surface area contributed by atoms with Gasteiger partial charge in [0.2, 0.25) is 5.91 Å². The predicted octanol–water partition coefficient (Wildman–Crippen LogP) is 5.29. The fraction of sp³-hybridized carbons (Fsp3) is 0.278. The molecular weight excluding hydrogens is 342 g/mol. The zero-order chi connectivity index (χ0) is 15.9. The van der Waals surface area contributed by atoms with Crippen molar-refractivity contribution in [2.24, 2.45) is 0 Å². The second-order valence-corrected chi connectivity index (χ2v) is 8.98. The highest BCUT2D eigenvalue weighted by atomic mass is 32.2. The van der Waals surface area contributed by atoms with Gasteiger partial charge in [-0.3, -0.25) is 4.79 Å². The van der Waals surface area contributed by atoms with Crippen molar-refractivity contribution in [3.63, 3.8) is 0 Å². The highest BCUT2D eigenvalue weighted by Gasteiger charge is 2.17. The second kappa shape index (κ2) is 8.71. The number of hydrogen-bond acceptors (Lipinski definition) is 4. The van der Waals surface area contributed by atoms with Gasteiger partial charge in [0, 0.05) is 10.6 Å². The van der Waals surface area contributed by atoms with Crippen LogP contribution in [0.4, 0.5) is 5.69 Å². The zero-order valence-corrected chi connectivity index (χ0v) is 15.2. The molecule has 1 amide bonds. The number of hydrogen-bond donors (Lipinski definition) is 1. The molecule has 1 fully saturated rings. The Kier molecular flexibility index (Phi) is 6.37. The maximum atomic E-state index is 12.1. The molecule has 0 bridgehead atoms. The number of carbonyl (C=O) groups is 1. The number of carbonyl (C=O) groups excluding carboxylic acids is 1. The first-order valence-corrected chi connectivity index (χ1v) is 10.7. The van der Waals surface area contributed by atoms with Crippen LogP contribution in [-0.2, 0) is 4.79 Å². The molecule has 2 nitrogen and oxygen atoms in total. The van der Waals surface area contributed by atoms with E-state index in [9.17, 15) is 4.79 Å². The summed E-state index contributed by atoms with van der Waals surface area (Å²) >= 11 is 5.55. The van der Waals surface area contributed by atoms with E-state index in [2.05, 4.69) is 17.4 Å². The smallest absolute Gasteiger partial charge is 0.234 e. The van der Waals surface area contributed by atoms with E-state index in [-0.39, 0.29) is 5.91 Å². The van der Waals surface area contributed by atoms with E-state index in [1.807, 2.05) is 66.0 Å². The summed E-state index contributed by atoms with van der Waals surface area (Å²) in [5, 5.41) is 3.01. The molecule has 2 aromatic rings. The topological polar surface area (TPSA) is 29.1 Å². The van der Waals surface area contributed by atoms with Gasteiger partial charge in [0.1, 0.15) is 0 Å². The molecule has 120 valence electrons. The normalized spacial score (nSPS) is 15.3. The molecule has 1 heterocycles. The van der Waals surface area contributed by atoms with Crippen molar-refractivity contribution in [2.45, 2.75) is 15.9 Å². The molecule has 23 heavy (non-hydrogen) atoms. The summed E-state index contributed by atoms with van der Waals surface area (Å²) in [6, 6.07) is 18.3. The average molecular weight is 362 g/mol. The van der Waals surface area contributed by atoms with Gasteiger partial charge in [0.15, 0.2) is 0 Å². The molecule has 0 aromatic heterocycles. The van der Waals surface area contributed by atoms with Crippen molar-refractivity contribution in [1.29, 1.82) is 0 Å². The summed E-state index contributed by atoms with van der Waals surface area (Å²) in [5.74, 6) is 2.92. The van der Waals surface area contributed by atoms with Gasteiger partial charge in [0.05, 0.1) is 10.3 Å². The van der Waals surface area contributed by atoms with Crippen molar-refractivity contribution in [3.05, 3.63) is 60.2 Å². The first kappa shape index (κ1) is 16.8. The quantitative estimate of drug-likeness (QED) is 0.733.